The lowest BCUT2D eigenvalue weighted by atomic mass is 9.82. The molecule has 0 saturated heterocycles. The van der Waals surface area contributed by atoms with Crippen molar-refractivity contribution in [2.24, 2.45) is 0 Å². The maximum atomic E-state index is 12.3. The number of fused-ring (bicyclic) bond motifs is 1. The van der Waals surface area contributed by atoms with E-state index in [1.165, 1.54) is 0 Å². The average molecular weight is 753 g/mol. The van der Waals surface area contributed by atoms with Gasteiger partial charge in [-0.15, -0.1) is 0 Å². The standard InChI is InChI=1S/C50H56O6/c1-29-21-23-36-35(43(29)33-17-13-15-19-37(33)47(51)45-39(53-9)25-31(49(3,4)5)26-40(45)54-10)24-22-30(2)44(36)34-18-14-16-20-38(34)48(52)46-41(55-11)27-32(50(6,7)8)28-42(46)56-12/h13-28,47-48,51-52H,1-12H3. The molecular weight excluding hydrogens is 697 g/mol. The second kappa shape index (κ2) is 15.7. The van der Waals surface area contributed by atoms with Gasteiger partial charge in [-0.3, -0.25) is 0 Å². The van der Waals surface area contributed by atoms with Crippen molar-refractivity contribution in [3.05, 3.63) is 142 Å². The monoisotopic (exact) mass is 752 g/mol. The molecule has 6 aromatic rings. The highest BCUT2D eigenvalue weighted by atomic mass is 16.5. The lowest BCUT2D eigenvalue weighted by molar-refractivity contribution is 0.208. The predicted molar refractivity (Wildman–Crippen MR) is 229 cm³/mol. The Morgan fingerprint density at radius 2 is 0.750 bits per heavy atom. The van der Waals surface area contributed by atoms with E-state index in [9.17, 15) is 10.2 Å². The van der Waals surface area contributed by atoms with Crippen molar-refractivity contribution in [1.29, 1.82) is 0 Å². The van der Waals surface area contributed by atoms with Crippen LogP contribution in [0.4, 0.5) is 0 Å². The third kappa shape index (κ3) is 7.36. The zero-order valence-electron chi connectivity index (χ0n) is 34.9. The molecule has 56 heavy (non-hydrogen) atoms. The van der Waals surface area contributed by atoms with Gasteiger partial charge < -0.3 is 29.2 Å². The lowest BCUT2D eigenvalue weighted by Crippen LogP contribution is -2.14. The summed E-state index contributed by atoms with van der Waals surface area (Å²) in [5, 5.41) is 26.7. The third-order valence-corrected chi connectivity index (χ3v) is 11.0. The van der Waals surface area contributed by atoms with Gasteiger partial charge in [-0.2, -0.15) is 0 Å². The second-order valence-electron chi connectivity index (χ2n) is 16.7. The molecule has 2 unspecified atom stereocenters. The van der Waals surface area contributed by atoms with Crippen LogP contribution in [0.5, 0.6) is 23.0 Å². The summed E-state index contributed by atoms with van der Waals surface area (Å²) in [5.74, 6) is 2.28. The number of hydrogen-bond donors (Lipinski definition) is 2. The second-order valence-corrected chi connectivity index (χ2v) is 16.7. The molecule has 0 aromatic heterocycles. The van der Waals surface area contributed by atoms with Gasteiger partial charge in [0.15, 0.2) is 0 Å². The molecule has 6 aromatic carbocycles. The van der Waals surface area contributed by atoms with Crippen LogP contribution in [0.15, 0.2) is 97.1 Å². The molecule has 0 heterocycles. The quantitative estimate of drug-likeness (QED) is 0.145. The fourth-order valence-electron chi connectivity index (χ4n) is 7.86. The molecule has 0 aliphatic carbocycles. The molecular formula is C50H56O6. The van der Waals surface area contributed by atoms with Crippen molar-refractivity contribution < 1.29 is 29.2 Å². The van der Waals surface area contributed by atoms with Crippen molar-refractivity contribution >= 4 is 10.8 Å². The molecule has 292 valence electrons. The van der Waals surface area contributed by atoms with Crippen LogP contribution in [0, 0.1) is 13.8 Å². The van der Waals surface area contributed by atoms with Gasteiger partial charge in [0.1, 0.15) is 35.2 Å². The molecule has 0 bridgehead atoms. The first-order valence-electron chi connectivity index (χ1n) is 19.2. The first-order chi connectivity index (χ1) is 26.5. The van der Waals surface area contributed by atoms with Crippen LogP contribution in [0.3, 0.4) is 0 Å². The van der Waals surface area contributed by atoms with Crippen molar-refractivity contribution in [3.8, 4) is 45.3 Å². The topological polar surface area (TPSA) is 77.4 Å². The highest BCUT2D eigenvalue weighted by molar-refractivity contribution is 6.07. The maximum absolute atomic E-state index is 12.3. The fraction of sp³-hybridized carbons (Fsp3) is 0.320. The van der Waals surface area contributed by atoms with Gasteiger partial charge in [-0.25, -0.2) is 0 Å². The van der Waals surface area contributed by atoms with Gasteiger partial charge in [-0.05, 0) is 115 Å². The van der Waals surface area contributed by atoms with Gasteiger partial charge in [0.2, 0.25) is 0 Å². The Morgan fingerprint density at radius 1 is 0.446 bits per heavy atom. The van der Waals surface area contributed by atoms with Crippen molar-refractivity contribution in [2.45, 2.75) is 78.4 Å². The summed E-state index contributed by atoms with van der Waals surface area (Å²) in [7, 11) is 6.52. The maximum Gasteiger partial charge on any atom is 0.129 e. The highest BCUT2D eigenvalue weighted by Gasteiger charge is 2.30. The number of methoxy groups -OCH3 is 4. The van der Waals surface area contributed by atoms with E-state index in [-0.39, 0.29) is 10.8 Å². The Bertz CT molecular complexity index is 2180. The normalized spacial score (nSPS) is 13.0. The molecule has 0 saturated carbocycles. The molecule has 2 atom stereocenters. The van der Waals surface area contributed by atoms with Crippen molar-refractivity contribution in [3.63, 3.8) is 0 Å². The van der Waals surface area contributed by atoms with Gasteiger partial charge >= 0.3 is 0 Å². The van der Waals surface area contributed by atoms with E-state index in [2.05, 4.69) is 91.8 Å². The number of hydrogen-bond acceptors (Lipinski definition) is 6. The summed E-state index contributed by atoms with van der Waals surface area (Å²) in [6.07, 6.45) is -2.09. The number of rotatable bonds is 10. The number of aliphatic hydroxyl groups excluding tert-OH is 2. The zero-order valence-corrected chi connectivity index (χ0v) is 34.9. The Hall–Kier alpha value is -5.30. The van der Waals surface area contributed by atoms with E-state index in [1.807, 2.05) is 60.7 Å². The van der Waals surface area contributed by atoms with E-state index >= 15 is 0 Å². The summed E-state index contributed by atoms with van der Waals surface area (Å²) in [6.45, 7) is 17.1. The van der Waals surface area contributed by atoms with Gasteiger partial charge in [-0.1, -0.05) is 114 Å². The first kappa shape index (κ1) is 40.4. The number of benzene rings is 6. The fourth-order valence-corrected chi connectivity index (χ4v) is 7.86. The largest absolute Gasteiger partial charge is 0.496 e. The summed E-state index contributed by atoms with van der Waals surface area (Å²) in [6, 6.07) is 32.6. The summed E-state index contributed by atoms with van der Waals surface area (Å²) in [5.41, 5.74) is 10.4. The van der Waals surface area contributed by atoms with Crippen LogP contribution in [0.2, 0.25) is 0 Å². The number of ether oxygens (including phenoxy) is 4. The molecule has 2 N–H and O–H groups in total. The minimum absolute atomic E-state index is 0.151. The SMILES string of the molecule is COc1cc(C(C)(C)C)cc(OC)c1C(O)c1ccccc1-c1c(C)ccc2c(-c3ccccc3C(O)c3c(OC)cc(C(C)(C)C)cc3OC)c(C)ccc12. The number of aliphatic hydroxyl groups is 2. The Labute approximate surface area is 332 Å². The molecule has 6 nitrogen and oxygen atoms in total. The lowest BCUT2D eigenvalue weighted by Gasteiger charge is -2.26. The Balaban J connectivity index is 1.56. The van der Waals surface area contributed by atoms with Gasteiger partial charge in [0.25, 0.3) is 0 Å². The van der Waals surface area contributed by atoms with Crippen LogP contribution in [0.1, 0.15) is 98.3 Å². The summed E-state index contributed by atoms with van der Waals surface area (Å²) < 4.78 is 23.7. The number of aryl methyl sites for hydroxylation is 2. The molecule has 6 rings (SSSR count). The Kier molecular flexibility index (Phi) is 11.3. The van der Waals surface area contributed by atoms with Crippen molar-refractivity contribution in [2.75, 3.05) is 28.4 Å². The molecule has 0 spiro atoms. The molecule has 0 radical (unpaired) electrons. The molecule has 0 aliphatic heterocycles. The third-order valence-electron chi connectivity index (χ3n) is 11.0. The Morgan fingerprint density at radius 3 is 1.04 bits per heavy atom. The van der Waals surface area contributed by atoms with Crippen LogP contribution in [-0.4, -0.2) is 38.7 Å². The average Bonchev–Trinajstić information content (AvgIpc) is 3.18. The predicted octanol–water partition coefficient (Wildman–Crippen LogP) is 11.6. The van der Waals surface area contributed by atoms with Crippen LogP contribution >= 0.6 is 0 Å². The molecule has 0 amide bonds. The minimum atomic E-state index is -1.05. The molecule has 0 aliphatic rings. The van der Waals surface area contributed by atoms with Crippen LogP contribution in [0.25, 0.3) is 33.0 Å². The van der Waals surface area contributed by atoms with E-state index in [0.717, 1.165) is 66.4 Å². The summed E-state index contributed by atoms with van der Waals surface area (Å²) >= 11 is 0. The summed E-state index contributed by atoms with van der Waals surface area (Å²) in [4.78, 5) is 0. The molecule has 0 fully saturated rings. The first-order valence-corrected chi connectivity index (χ1v) is 19.2. The smallest absolute Gasteiger partial charge is 0.129 e. The van der Waals surface area contributed by atoms with Crippen LogP contribution < -0.4 is 18.9 Å². The zero-order chi connectivity index (χ0) is 40.7. The minimum Gasteiger partial charge on any atom is -0.496 e. The van der Waals surface area contributed by atoms with E-state index in [0.29, 0.717) is 34.1 Å². The molecule has 6 heteroatoms. The van der Waals surface area contributed by atoms with Crippen LogP contribution in [-0.2, 0) is 10.8 Å². The van der Waals surface area contributed by atoms with Gasteiger partial charge in [0.05, 0.1) is 39.6 Å². The highest BCUT2D eigenvalue weighted by Crippen LogP contribution is 2.48. The van der Waals surface area contributed by atoms with E-state index in [4.69, 9.17) is 18.9 Å². The van der Waals surface area contributed by atoms with Gasteiger partial charge in [0, 0.05) is 0 Å². The van der Waals surface area contributed by atoms with E-state index < -0.39 is 12.2 Å². The van der Waals surface area contributed by atoms with Crippen molar-refractivity contribution in [1.82, 2.24) is 0 Å². The van der Waals surface area contributed by atoms with E-state index in [1.54, 1.807) is 28.4 Å².